The summed E-state index contributed by atoms with van der Waals surface area (Å²) in [6, 6.07) is 7.28. The van der Waals surface area contributed by atoms with Crippen LogP contribution in [0.3, 0.4) is 0 Å². The maximum absolute atomic E-state index is 11.6. The van der Waals surface area contributed by atoms with E-state index in [4.69, 9.17) is 10.5 Å². The minimum absolute atomic E-state index is 0.0985. The first-order valence-corrected chi connectivity index (χ1v) is 6.42. The Morgan fingerprint density at radius 1 is 1.44 bits per heavy atom. The number of nitrogens with two attached hydrogens (primary N) is 1. The zero-order valence-electron chi connectivity index (χ0n) is 11.1. The molecule has 4 nitrogen and oxygen atoms in total. The van der Waals surface area contributed by atoms with Crippen molar-refractivity contribution in [3.63, 3.8) is 0 Å². The number of benzene rings is 1. The molecule has 0 heterocycles. The molecule has 0 bridgehead atoms. The van der Waals surface area contributed by atoms with Crippen LogP contribution in [0.5, 0.6) is 5.75 Å². The molecule has 18 heavy (non-hydrogen) atoms. The summed E-state index contributed by atoms with van der Waals surface area (Å²) in [7, 11) is 0. The van der Waals surface area contributed by atoms with E-state index in [0.29, 0.717) is 19.6 Å². The van der Waals surface area contributed by atoms with Crippen molar-refractivity contribution < 1.29 is 9.53 Å². The molecule has 0 aromatic heterocycles. The second-order valence-electron chi connectivity index (χ2n) is 4.19. The van der Waals surface area contributed by atoms with Gasteiger partial charge in [0.1, 0.15) is 5.75 Å². The second-order valence-corrected chi connectivity index (χ2v) is 4.19. The van der Waals surface area contributed by atoms with Crippen LogP contribution in [-0.2, 0) is 11.3 Å². The molecule has 0 aliphatic carbocycles. The van der Waals surface area contributed by atoms with Gasteiger partial charge >= 0.3 is 0 Å². The van der Waals surface area contributed by atoms with Gasteiger partial charge in [-0.2, -0.15) is 0 Å². The van der Waals surface area contributed by atoms with Gasteiger partial charge in [-0.1, -0.05) is 25.5 Å². The van der Waals surface area contributed by atoms with Gasteiger partial charge in [0.25, 0.3) is 0 Å². The Bertz CT molecular complexity index is 380. The van der Waals surface area contributed by atoms with Crippen LogP contribution < -0.4 is 15.8 Å². The third kappa shape index (κ3) is 4.75. The molecular weight excluding hydrogens is 228 g/mol. The summed E-state index contributed by atoms with van der Waals surface area (Å²) in [6.45, 7) is 5.07. The molecule has 0 spiro atoms. The highest BCUT2D eigenvalue weighted by Crippen LogP contribution is 2.13. The lowest BCUT2D eigenvalue weighted by molar-refractivity contribution is -0.122. The molecule has 1 aromatic rings. The fraction of sp³-hybridized carbons (Fsp3) is 0.500. The number of carbonyl (C=O) groups excluding carboxylic acids is 1. The van der Waals surface area contributed by atoms with Crippen LogP contribution in [0.1, 0.15) is 32.3 Å². The van der Waals surface area contributed by atoms with E-state index in [1.165, 1.54) is 0 Å². The maximum atomic E-state index is 11.6. The number of hydrogen-bond donors (Lipinski definition) is 2. The predicted octanol–water partition coefficient (Wildman–Crippen LogP) is 1.83. The smallest absolute Gasteiger partial charge is 0.237 e. The van der Waals surface area contributed by atoms with Crippen molar-refractivity contribution in [2.45, 2.75) is 39.3 Å². The van der Waals surface area contributed by atoms with Gasteiger partial charge in [0, 0.05) is 6.54 Å². The van der Waals surface area contributed by atoms with Crippen molar-refractivity contribution in [1.29, 1.82) is 0 Å². The van der Waals surface area contributed by atoms with Crippen LogP contribution in [0, 0.1) is 0 Å². The number of nitrogens with one attached hydrogen (secondary N) is 1. The van der Waals surface area contributed by atoms with Gasteiger partial charge < -0.3 is 15.8 Å². The molecule has 0 fully saturated rings. The summed E-state index contributed by atoms with van der Waals surface area (Å²) in [5, 5.41) is 2.83. The van der Waals surface area contributed by atoms with E-state index in [1.807, 2.05) is 38.1 Å². The van der Waals surface area contributed by atoms with Gasteiger partial charge in [-0.05, 0) is 31.0 Å². The molecule has 0 aliphatic rings. The van der Waals surface area contributed by atoms with Crippen LogP contribution in [0.2, 0.25) is 0 Å². The predicted molar refractivity (Wildman–Crippen MR) is 72.3 cm³/mol. The summed E-state index contributed by atoms with van der Waals surface area (Å²) in [5.41, 5.74) is 6.74. The highest BCUT2D eigenvalue weighted by molar-refractivity contribution is 5.81. The molecule has 1 rings (SSSR count). The number of hydrogen-bond acceptors (Lipinski definition) is 3. The van der Waals surface area contributed by atoms with E-state index in [-0.39, 0.29) is 5.91 Å². The van der Waals surface area contributed by atoms with E-state index >= 15 is 0 Å². The maximum Gasteiger partial charge on any atom is 0.237 e. The van der Waals surface area contributed by atoms with Crippen LogP contribution in [0.25, 0.3) is 0 Å². The monoisotopic (exact) mass is 250 g/mol. The van der Waals surface area contributed by atoms with Gasteiger partial charge in [0.15, 0.2) is 0 Å². The fourth-order valence-electron chi connectivity index (χ4n) is 1.67. The van der Waals surface area contributed by atoms with Crippen molar-refractivity contribution in [1.82, 2.24) is 5.32 Å². The molecule has 0 saturated heterocycles. The number of amides is 1. The molecule has 1 aromatic carbocycles. The fourth-order valence-corrected chi connectivity index (χ4v) is 1.67. The second kappa shape index (κ2) is 7.71. The Balaban J connectivity index is 2.47. The average molecular weight is 250 g/mol. The number of carbonyl (C=O) groups is 1. The molecule has 0 aliphatic heterocycles. The lowest BCUT2D eigenvalue weighted by atomic mass is 10.1. The highest BCUT2D eigenvalue weighted by Gasteiger charge is 2.11. The van der Waals surface area contributed by atoms with Crippen molar-refractivity contribution in [2.75, 3.05) is 6.61 Å². The van der Waals surface area contributed by atoms with E-state index < -0.39 is 6.04 Å². The average Bonchev–Trinajstić information content (AvgIpc) is 2.37. The Kier molecular flexibility index (Phi) is 6.22. The topological polar surface area (TPSA) is 64.4 Å². The molecule has 0 radical (unpaired) electrons. The highest BCUT2D eigenvalue weighted by atomic mass is 16.5. The first-order valence-electron chi connectivity index (χ1n) is 6.42. The van der Waals surface area contributed by atoms with E-state index in [9.17, 15) is 4.79 Å². The standard InChI is InChI=1S/C14H22N2O2/c1-3-6-13(15)14(17)16-10-11-7-5-8-12(9-11)18-4-2/h5,7-9,13H,3-4,6,10,15H2,1-2H3,(H,16,17)/t13-/m0/s1. The minimum atomic E-state index is -0.412. The molecule has 1 amide bonds. The molecular formula is C14H22N2O2. The summed E-state index contributed by atoms with van der Waals surface area (Å²) < 4.78 is 5.40. The molecule has 4 heteroatoms. The molecule has 0 saturated carbocycles. The number of ether oxygens (including phenoxy) is 1. The first-order chi connectivity index (χ1) is 8.67. The third-order valence-corrected chi connectivity index (χ3v) is 2.61. The normalized spacial score (nSPS) is 11.9. The van der Waals surface area contributed by atoms with E-state index in [1.54, 1.807) is 0 Å². The first kappa shape index (κ1) is 14.5. The lowest BCUT2D eigenvalue weighted by Gasteiger charge is -2.11. The Hall–Kier alpha value is -1.55. The molecule has 1 atom stereocenters. The zero-order chi connectivity index (χ0) is 13.4. The van der Waals surface area contributed by atoms with Crippen LogP contribution >= 0.6 is 0 Å². The summed E-state index contributed by atoms with van der Waals surface area (Å²) in [4.78, 5) is 11.6. The summed E-state index contributed by atoms with van der Waals surface area (Å²) >= 11 is 0. The minimum Gasteiger partial charge on any atom is -0.494 e. The zero-order valence-corrected chi connectivity index (χ0v) is 11.1. The summed E-state index contributed by atoms with van der Waals surface area (Å²) in [5.74, 6) is 0.723. The van der Waals surface area contributed by atoms with E-state index in [2.05, 4.69) is 5.32 Å². The van der Waals surface area contributed by atoms with Crippen LogP contribution in [0.4, 0.5) is 0 Å². The SMILES string of the molecule is CCC[C@H](N)C(=O)NCc1cccc(OCC)c1. The lowest BCUT2D eigenvalue weighted by Crippen LogP contribution is -2.40. The van der Waals surface area contributed by atoms with Gasteiger partial charge in [-0.25, -0.2) is 0 Å². The third-order valence-electron chi connectivity index (χ3n) is 2.61. The molecule has 100 valence electrons. The molecule has 0 unspecified atom stereocenters. The largest absolute Gasteiger partial charge is 0.494 e. The van der Waals surface area contributed by atoms with Crippen molar-refractivity contribution >= 4 is 5.91 Å². The van der Waals surface area contributed by atoms with Crippen molar-refractivity contribution in [3.05, 3.63) is 29.8 Å². The van der Waals surface area contributed by atoms with Gasteiger partial charge in [-0.3, -0.25) is 4.79 Å². The number of rotatable bonds is 7. The van der Waals surface area contributed by atoms with Crippen LogP contribution in [-0.4, -0.2) is 18.6 Å². The van der Waals surface area contributed by atoms with Gasteiger partial charge in [0.2, 0.25) is 5.91 Å². The van der Waals surface area contributed by atoms with Gasteiger partial charge in [-0.15, -0.1) is 0 Å². The van der Waals surface area contributed by atoms with E-state index in [0.717, 1.165) is 17.7 Å². The quantitative estimate of drug-likeness (QED) is 0.776. The van der Waals surface area contributed by atoms with Crippen molar-refractivity contribution in [3.8, 4) is 5.75 Å². The Labute approximate surface area is 109 Å². The Morgan fingerprint density at radius 3 is 2.89 bits per heavy atom. The Morgan fingerprint density at radius 2 is 2.22 bits per heavy atom. The molecule has 3 N–H and O–H groups in total. The van der Waals surface area contributed by atoms with Gasteiger partial charge in [0.05, 0.1) is 12.6 Å². The summed E-state index contributed by atoms with van der Waals surface area (Å²) in [6.07, 6.45) is 1.62. The van der Waals surface area contributed by atoms with Crippen LogP contribution in [0.15, 0.2) is 24.3 Å². The van der Waals surface area contributed by atoms with Crippen molar-refractivity contribution in [2.24, 2.45) is 5.73 Å².